The van der Waals surface area contributed by atoms with Crippen molar-refractivity contribution in [2.45, 2.75) is 24.7 Å². The monoisotopic (exact) mass is 493 g/mol. The predicted molar refractivity (Wildman–Crippen MR) is 129 cm³/mol. The molecule has 0 aromatic heterocycles. The van der Waals surface area contributed by atoms with E-state index in [1.165, 1.54) is 31.7 Å². The third-order valence-electron chi connectivity index (χ3n) is 5.33. The van der Waals surface area contributed by atoms with Gasteiger partial charge in [-0.1, -0.05) is 0 Å². The fourth-order valence-electron chi connectivity index (χ4n) is 3.70. The van der Waals surface area contributed by atoms with Crippen molar-refractivity contribution in [3.63, 3.8) is 0 Å². The minimum atomic E-state index is -3.70. The molecule has 186 valence electrons. The van der Waals surface area contributed by atoms with Crippen molar-refractivity contribution >= 4 is 27.3 Å². The van der Waals surface area contributed by atoms with Crippen molar-refractivity contribution in [3.05, 3.63) is 30.3 Å². The molecule has 2 N–H and O–H groups in total. The molecule has 3 rings (SSSR count). The number of nitrogens with one attached hydrogen (secondary N) is 2. The molecule has 1 heterocycles. The summed E-state index contributed by atoms with van der Waals surface area (Å²) in [7, 11) is 0.783. The van der Waals surface area contributed by atoms with Gasteiger partial charge in [-0.2, -0.15) is 4.31 Å². The van der Waals surface area contributed by atoms with Crippen LogP contribution >= 0.6 is 0 Å². The largest absolute Gasteiger partial charge is 0.493 e. The highest BCUT2D eigenvalue weighted by Crippen LogP contribution is 2.40. The summed E-state index contributed by atoms with van der Waals surface area (Å²) in [6.07, 6.45) is 1.67. The topological polar surface area (TPSA) is 115 Å². The van der Waals surface area contributed by atoms with Crippen LogP contribution in [0.5, 0.6) is 23.0 Å². The third-order valence-corrected chi connectivity index (χ3v) is 7.25. The smallest absolute Gasteiger partial charge is 0.246 e. The van der Waals surface area contributed by atoms with Gasteiger partial charge in [0.2, 0.25) is 21.7 Å². The molecule has 2 aromatic carbocycles. The number of nitrogens with zero attached hydrogens (tertiary/aromatic N) is 1. The van der Waals surface area contributed by atoms with E-state index in [0.717, 1.165) is 12.8 Å². The highest BCUT2D eigenvalue weighted by atomic mass is 32.2. The first kappa shape index (κ1) is 25.4. The maximum Gasteiger partial charge on any atom is 0.246 e. The van der Waals surface area contributed by atoms with E-state index in [2.05, 4.69) is 10.6 Å². The van der Waals surface area contributed by atoms with Crippen LogP contribution in [0, 0.1) is 0 Å². The Morgan fingerprint density at radius 1 is 0.941 bits per heavy atom. The average molecular weight is 494 g/mol. The Labute approximate surface area is 200 Å². The average Bonchev–Trinajstić information content (AvgIpc) is 3.39. The quantitative estimate of drug-likeness (QED) is 0.491. The molecule has 0 saturated carbocycles. The minimum absolute atomic E-state index is 0.0892. The van der Waals surface area contributed by atoms with Crippen molar-refractivity contribution in [1.82, 2.24) is 4.31 Å². The highest BCUT2D eigenvalue weighted by molar-refractivity contribution is 7.89. The van der Waals surface area contributed by atoms with Gasteiger partial charge in [0.1, 0.15) is 10.6 Å². The van der Waals surface area contributed by atoms with Gasteiger partial charge in [-0.15, -0.1) is 0 Å². The third kappa shape index (κ3) is 5.65. The molecule has 0 bridgehead atoms. The lowest BCUT2D eigenvalue weighted by Gasteiger charge is -2.19. The molecule has 1 fully saturated rings. The Kier molecular flexibility index (Phi) is 8.46. The Bertz CT molecular complexity index is 1090. The molecular formula is C23H31N3O7S. The van der Waals surface area contributed by atoms with Crippen LogP contribution in [0.2, 0.25) is 0 Å². The number of anilines is 2. The number of methoxy groups -OCH3 is 3. The van der Waals surface area contributed by atoms with E-state index in [0.29, 0.717) is 54.1 Å². The summed E-state index contributed by atoms with van der Waals surface area (Å²) in [4.78, 5) is 12.7. The van der Waals surface area contributed by atoms with Gasteiger partial charge in [-0.25, -0.2) is 8.42 Å². The fourth-order valence-corrected chi connectivity index (χ4v) is 5.38. The SMILES string of the molecule is CCOc1ccc(NCC(=O)Nc2cc(OC)c(OC)c(OC)c2)cc1S(=O)(=O)N1CCCC1. The molecule has 0 unspecified atom stereocenters. The summed E-state index contributed by atoms with van der Waals surface area (Å²) in [6.45, 7) is 3.03. The molecule has 1 amide bonds. The summed E-state index contributed by atoms with van der Waals surface area (Å²) in [5.41, 5.74) is 0.951. The van der Waals surface area contributed by atoms with E-state index in [1.807, 2.05) is 0 Å². The van der Waals surface area contributed by atoms with Gasteiger partial charge < -0.3 is 29.6 Å². The number of rotatable bonds is 11. The lowest BCUT2D eigenvalue weighted by Crippen LogP contribution is -2.28. The van der Waals surface area contributed by atoms with Crippen molar-refractivity contribution in [3.8, 4) is 23.0 Å². The maximum atomic E-state index is 13.1. The first-order chi connectivity index (χ1) is 16.3. The van der Waals surface area contributed by atoms with Gasteiger partial charge >= 0.3 is 0 Å². The van der Waals surface area contributed by atoms with Crippen LogP contribution in [-0.2, 0) is 14.8 Å². The predicted octanol–water partition coefficient (Wildman–Crippen LogP) is 2.95. The van der Waals surface area contributed by atoms with E-state index in [4.69, 9.17) is 18.9 Å². The minimum Gasteiger partial charge on any atom is -0.493 e. The van der Waals surface area contributed by atoms with Gasteiger partial charge in [0.05, 0.1) is 34.5 Å². The summed E-state index contributed by atoms with van der Waals surface area (Å²) in [5, 5.41) is 5.75. The first-order valence-corrected chi connectivity index (χ1v) is 12.4. The molecule has 2 aromatic rings. The molecule has 11 heteroatoms. The normalized spacial score (nSPS) is 13.9. The summed E-state index contributed by atoms with van der Waals surface area (Å²) in [5.74, 6) is 1.19. The van der Waals surface area contributed by atoms with Gasteiger partial charge in [0.15, 0.2) is 11.5 Å². The fraction of sp³-hybridized carbons (Fsp3) is 0.435. The number of amides is 1. The second-order valence-corrected chi connectivity index (χ2v) is 9.43. The molecule has 1 aliphatic rings. The zero-order valence-electron chi connectivity index (χ0n) is 19.8. The van der Waals surface area contributed by atoms with Crippen molar-refractivity contribution in [2.75, 3.05) is 58.2 Å². The van der Waals surface area contributed by atoms with Gasteiger partial charge in [-0.3, -0.25) is 4.79 Å². The Hall–Kier alpha value is -3.18. The number of sulfonamides is 1. The highest BCUT2D eigenvalue weighted by Gasteiger charge is 2.30. The van der Waals surface area contributed by atoms with Crippen LogP contribution < -0.4 is 29.6 Å². The molecule has 0 aliphatic carbocycles. The van der Waals surface area contributed by atoms with Crippen LogP contribution in [0.4, 0.5) is 11.4 Å². The van der Waals surface area contributed by atoms with E-state index in [-0.39, 0.29) is 17.3 Å². The van der Waals surface area contributed by atoms with E-state index in [9.17, 15) is 13.2 Å². The molecule has 0 spiro atoms. The van der Waals surface area contributed by atoms with Crippen LogP contribution in [0.1, 0.15) is 19.8 Å². The number of hydrogen-bond acceptors (Lipinski definition) is 8. The van der Waals surface area contributed by atoms with Crippen molar-refractivity contribution < 1.29 is 32.2 Å². The molecule has 34 heavy (non-hydrogen) atoms. The van der Waals surface area contributed by atoms with Crippen LogP contribution in [0.3, 0.4) is 0 Å². The van der Waals surface area contributed by atoms with Crippen molar-refractivity contribution in [1.29, 1.82) is 0 Å². The molecule has 0 atom stereocenters. The molecule has 10 nitrogen and oxygen atoms in total. The Morgan fingerprint density at radius 2 is 1.59 bits per heavy atom. The lowest BCUT2D eigenvalue weighted by molar-refractivity contribution is -0.114. The summed E-state index contributed by atoms with van der Waals surface area (Å²) >= 11 is 0. The number of carbonyl (C=O) groups is 1. The summed E-state index contributed by atoms with van der Waals surface area (Å²) in [6, 6.07) is 8.03. The summed E-state index contributed by atoms with van der Waals surface area (Å²) < 4.78 is 49.2. The number of hydrogen-bond donors (Lipinski definition) is 2. The Balaban J connectivity index is 1.75. The van der Waals surface area contributed by atoms with E-state index < -0.39 is 10.0 Å². The second-order valence-electron chi connectivity index (χ2n) is 7.52. The number of benzene rings is 2. The van der Waals surface area contributed by atoms with Crippen LogP contribution in [-0.4, -0.2) is 66.2 Å². The molecular weight excluding hydrogens is 462 g/mol. The Morgan fingerprint density at radius 3 is 2.15 bits per heavy atom. The first-order valence-electron chi connectivity index (χ1n) is 10.9. The lowest BCUT2D eigenvalue weighted by atomic mass is 10.2. The van der Waals surface area contributed by atoms with Gasteiger partial charge in [0, 0.05) is 36.6 Å². The van der Waals surface area contributed by atoms with Gasteiger partial charge in [-0.05, 0) is 38.0 Å². The zero-order valence-corrected chi connectivity index (χ0v) is 20.7. The number of carbonyl (C=O) groups excluding carboxylic acids is 1. The second kappa shape index (κ2) is 11.3. The number of ether oxygens (including phenoxy) is 4. The van der Waals surface area contributed by atoms with Crippen LogP contribution in [0.15, 0.2) is 35.2 Å². The molecule has 0 radical (unpaired) electrons. The van der Waals surface area contributed by atoms with E-state index >= 15 is 0 Å². The van der Waals surface area contributed by atoms with Crippen LogP contribution in [0.25, 0.3) is 0 Å². The standard InChI is InChI=1S/C23H31N3O7S/c1-5-33-18-9-8-16(14-21(18)34(28,29)26-10-6-7-11-26)24-15-22(27)25-17-12-19(30-2)23(32-4)20(13-17)31-3/h8-9,12-14,24H,5-7,10-11,15H2,1-4H3,(H,25,27). The zero-order chi connectivity index (χ0) is 24.7. The maximum absolute atomic E-state index is 13.1. The van der Waals surface area contributed by atoms with Gasteiger partial charge in [0.25, 0.3) is 0 Å². The van der Waals surface area contributed by atoms with E-state index in [1.54, 1.807) is 31.2 Å². The molecule has 1 aliphatic heterocycles. The van der Waals surface area contributed by atoms with Crippen molar-refractivity contribution in [2.24, 2.45) is 0 Å². The molecule has 1 saturated heterocycles.